The summed E-state index contributed by atoms with van der Waals surface area (Å²) in [5.74, 6) is 0.815. The number of hydrogen-bond acceptors (Lipinski definition) is 8. The molecule has 4 aromatic rings. The first kappa shape index (κ1) is 22.8. The van der Waals surface area contributed by atoms with Gasteiger partial charge < -0.3 is 19.5 Å². The Labute approximate surface area is 193 Å². The van der Waals surface area contributed by atoms with Crippen molar-refractivity contribution in [3.05, 3.63) is 80.5 Å². The number of aryl methyl sites for hydroxylation is 2. The molecule has 34 heavy (non-hydrogen) atoms. The van der Waals surface area contributed by atoms with Crippen LogP contribution in [0.3, 0.4) is 0 Å². The quantitative estimate of drug-likeness (QED) is 0.227. The standard InChI is InChI=1S/C23H24N6O5/c1-14-7-3-6-10-18(14)34-13-16(30)12-29-19-20(28(2)23(33)26-21(19)32)25-22(29)27-24-11-15-8-4-5-9-17(15)31/h3-11,16,30-31H,12-13H2,1-2H3,(H,25,27)(H,26,32,33)/b24-11+/t16-/m1/s1. The molecule has 0 amide bonds. The molecule has 0 fully saturated rings. The summed E-state index contributed by atoms with van der Waals surface area (Å²) in [7, 11) is 1.48. The molecule has 4 N–H and O–H groups in total. The van der Waals surface area contributed by atoms with Gasteiger partial charge in [-0.25, -0.2) is 10.2 Å². The Morgan fingerprint density at radius 2 is 1.94 bits per heavy atom. The molecule has 11 nitrogen and oxygen atoms in total. The van der Waals surface area contributed by atoms with Crippen molar-refractivity contribution in [1.29, 1.82) is 0 Å². The number of aliphatic hydroxyl groups is 1. The van der Waals surface area contributed by atoms with Gasteiger partial charge in [-0.1, -0.05) is 30.3 Å². The average molecular weight is 464 g/mol. The van der Waals surface area contributed by atoms with Gasteiger partial charge in [0.25, 0.3) is 5.56 Å². The van der Waals surface area contributed by atoms with Crippen LogP contribution in [0, 0.1) is 6.92 Å². The lowest BCUT2D eigenvalue weighted by molar-refractivity contribution is 0.0935. The minimum absolute atomic E-state index is 0.0329. The molecule has 0 unspecified atom stereocenters. The Kier molecular flexibility index (Phi) is 6.46. The number of phenolic OH excluding ortho intramolecular Hbond substituents is 1. The van der Waals surface area contributed by atoms with E-state index in [1.54, 1.807) is 24.3 Å². The molecule has 0 bridgehead atoms. The van der Waals surface area contributed by atoms with E-state index in [-0.39, 0.29) is 36.0 Å². The first-order valence-electron chi connectivity index (χ1n) is 10.5. The molecule has 176 valence electrons. The highest BCUT2D eigenvalue weighted by molar-refractivity contribution is 5.83. The van der Waals surface area contributed by atoms with Gasteiger partial charge >= 0.3 is 5.69 Å². The normalized spacial score (nSPS) is 12.3. The molecule has 0 aliphatic heterocycles. The van der Waals surface area contributed by atoms with Crippen molar-refractivity contribution in [3.63, 3.8) is 0 Å². The fraction of sp³-hybridized carbons (Fsp3) is 0.217. The number of anilines is 1. The van der Waals surface area contributed by atoms with Crippen molar-refractivity contribution in [3.8, 4) is 11.5 Å². The highest BCUT2D eigenvalue weighted by Gasteiger charge is 2.20. The zero-order valence-corrected chi connectivity index (χ0v) is 18.6. The Balaban J connectivity index is 1.64. The molecule has 0 saturated heterocycles. The van der Waals surface area contributed by atoms with Crippen LogP contribution in [-0.4, -0.2) is 48.2 Å². The van der Waals surface area contributed by atoms with Crippen LogP contribution < -0.4 is 21.4 Å². The van der Waals surface area contributed by atoms with Gasteiger partial charge in [0.1, 0.15) is 24.2 Å². The van der Waals surface area contributed by atoms with Crippen molar-refractivity contribution in [1.82, 2.24) is 19.1 Å². The summed E-state index contributed by atoms with van der Waals surface area (Å²) in [5.41, 5.74) is 3.09. The third-order valence-corrected chi connectivity index (χ3v) is 5.23. The molecule has 0 saturated carbocycles. The van der Waals surface area contributed by atoms with Crippen LogP contribution >= 0.6 is 0 Å². The van der Waals surface area contributed by atoms with Gasteiger partial charge in [0.15, 0.2) is 11.2 Å². The summed E-state index contributed by atoms with van der Waals surface area (Å²) >= 11 is 0. The van der Waals surface area contributed by atoms with Gasteiger partial charge in [-0.2, -0.15) is 10.1 Å². The van der Waals surface area contributed by atoms with E-state index in [0.717, 1.165) is 5.56 Å². The largest absolute Gasteiger partial charge is 0.507 e. The molecule has 1 atom stereocenters. The molecule has 0 spiro atoms. The Bertz CT molecular complexity index is 1470. The van der Waals surface area contributed by atoms with Crippen molar-refractivity contribution >= 4 is 23.3 Å². The van der Waals surface area contributed by atoms with Crippen molar-refractivity contribution < 1.29 is 14.9 Å². The number of nitrogens with zero attached hydrogens (tertiary/aromatic N) is 4. The number of hydrazone groups is 1. The smallest absolute Gasteiger partial charge is 0.329 e. The van der Waals surface area contributed by atoms with E-state index in [0.29, 0.717) is 11.3 Å². The summed E-state index contributed by atoms with van der Waals surface area (Å²) in [5, 5.41) is 24.7. The van der Waals surface area contributed by atoms with Crippen LogP contribution in [0.2, 0.25) is 0 Å². The number of aromatic amines is 1. The molecular weight excluding hydrogens is 440 g/mol. The van der Waals surface area contributed by atoms with E-state index in [2.05, 4.69) is 20.5 Å². The fourth-order valence-electron chi connectivity index (χ4n) is 3.42. The summed E-state index contributed by atoms with van der Waals surface area (Å²) in [6.07, 6.45) is 0.385. The number of para-hydroxylation sites is 2. The van der Waals surface area contributed by atoms with Crippen molar-refractivity contribution in [2.45, 2.75) is 19.6 Å². The van der Waals surface area contributed by atoms with E-state index < -0.39 is 17.4 Å². The number of phenols is 1. The van der Waals surface area contributed by atoms with Crippen LogP contribution in [0.15, 0.2) is 63.2 Å². The summed E-state index contributed by atoms with van der Waals surface area (Å²) in [6, 6.07) is 14.1. The van der Waals surface area contributed by atoms with E-state index >= 15 is 0 Å². The van der Waals surface area contributed by atoms with E-state index in [1.807, 2.05) is 25.1 Å². The number of aromatic hydroxyl groups is 1. The number of ether oxygens (including phenoxy) is 1. The van der Waals surface area contributed by atoms with Crippen molar-refractivity contribution in [2.75, 3.05) is 12.0 Å². The van der Waals surface area contributed by atoms with Gasteiger partial charge in [-0.3, -0.25) is 14.3 Å². The number of rotatable bonds is 8. The lowest BCUT2D eigenvalue weighted by Crippen LogP contribution is -2.30. The van der Waals surface area contributed by atoms with Gasteiger partial charge in [0.2, 0.25) is 5.95 Å². The zero-order valence-electron chi connectivity index (χ0n) is 18.6. The predicted molar refractivity (Wildman–Crippen MR) is 128 cm³/mol. The summed E-state index contributed by atoms with van der Waals surface area (Å²) in [6.45, 7) is 1.81. The average Bonchev–Trinajstić information content (AvgIpc) is 3.17. The maximum Gasteiger partial charge on any atom is 0.329 e. The molecule has 2 aromatic carbocycles. The molecule has 0 aliphatic rings. The van der Waals surface area contributed by atoms with E-state index in [9.17, 15) is 19.8 Å². The number of hydrogen-bond donors (Lipinski definition) is 4. The minimum Gasteiger partial charge on any atom is -0.507 e. The number of H-pyrrole nitrogens is 1. The van der Waals surface area contributed by atoms with Gasteiger partial charge in [-0.05, 0) is 30.7 Å². The Morgan fingerprint density at radius 1 is 1.21 bits per heavy atom. The van der Waals surface area contributed by atoms with E-state index in [4.69, 9.17) is 4.74 Å². The third kappa shape index (κ3) is 4.69. The van der Waals surface area contributed by atoms with Crippen LogP contribution in [-0.2, 0) is 13.6 Å². The van der Waals surface area contributed by atoms with Gasteiger partial charge in [-0.15, -0.1) is 0 Å². The van der Waals surface area contributed by atoms with Crippen LogP contribution in [0.1, 0.15) is 11.1 Å². The van der Waals surface area contributed by atoms with Gasteiger partial charge in [0, 0.05) is 12.6 Å². The SMILES string of the molecule is Cc1ccccc1OC[C@H](O)Cn1c(N/N=C/c2ccccc2O)nc2c1c(=O)[nH]c(=O)n2C. The Morgan fingerprint density at radius 3 is 2.71 bits per heavy atom. The number of aliphatic hydroxyl groups excluding tert-OH is 1. The van der Waals surface area contributed by atoms with Crippen LogP contribution in [0.4, 0.5) is 5.95 Å². The summed E-state index contributed by atoms with van der Waals surface area (Å²) < 4.78 is 8.35. The molecule has 11 heteroatoms. The predicted octanol–water partition coefficient (Wildman–Crippen LogP) is 1.32. The molecular formula is C23H24N6O5. The lowest BCUT2D eigenvalue weighted by Gasteiger charge is -2.16. The monoisotopic (exact) mass is 464 g/mol. The maximum absolute atomic E-state index is 12.6. The summed E-state index contributed by atoms with van der Waals surface area (Å²) in [4.78, 5) is 31.2. The topological polar surface area (TPSA) is 147 Å². The fourth-order valence-corrected chi connectivity index (χ4v) is 3.42. The van der Waals surface area contributed by atoms with Crippen LogP contribution in [0.25, 0.3) is 11.2 Å². The third-order valence-electron chi connectivity index (χ3n) is 5.23. The number of nitrogens with one attached hydrogen (secondary N) is 2. The second kappa shape index (κ2) is 9.63. The van der Waals surface area contributed by atoms with Crippen molar-refractivity contribution in [2.24, 2.45) is 12.1 Å². The molecule has 2 heterocycles. The number of benzene rings is 2. The molecule has 4 rings (SSSR count). The first-order valence-corrected chi connectivity index (χ1v) is 10.5. The second-order valence-electron chi connectivity index (χ2n) is 7.70. The molecule has 0 aliphatic carbocycles. The molecule has 0 radical (unpaired) electrons. The number of imidazole rings is 1. The minimum atomic E-state index is -1.00. The number of aromatic nitrogens is 4. The number of fused-ring (bicyclic) bond motifs is 1. The lowest BCUT2D eigenvalue weighted by atomic mass is 10.2. The first-order chi connectivity index (χ1) is 16.3. The zero-order chi connectivity index (χ0) is 24.2. The second-order valence-corrected chi connectivity index (χ2v) is 7.70. The van der Waals surface area contributed by atoms with E-state index in [1.165, 1.54) is 28.5 Å². The van der Waals surface area contributed by atoms with Crippen LogP contribution in [0.5, 0.6) is 11.5 Å². The molecule has 2 aromatic heterocycles. The Hall–Kier alpha value is -4.38. The highest BCUT2D eigenvalue weighted by Crippen LogP contribution is 2.19. The van der Waals surface area contributed by atoms with Gasteiger partial charge in [0.05, 0.1) is 12.8 Å². The highest BCUT2D eigenvalue weighted by atomic mass is 16.5. The maximum atomic E-state index is 12.6.